The summed E-state index contributed by atoms with van der Waals surface area (Å²) in [5.41, 5.74) is 0.104. The van der Waals surface area contributed by atoms with Crippen LogP contribution in [-0.4, -0.2) is 50.3 Å². The number of rotatable bonds is 12. The lowest BCUT2D eigenvalue weighted by atomic mass is 10.1. The van der Waals surface area contributed by atoms with Gasteiger partial charge in [-0.1, -0.05) is 19.3 Å². The van der Waals surface area contributed by atoms with E-state index in [0.717, 1.165) is 43.3 Å². The Balaban J connectivity index is 2.33. The number of carbonyl (C=O) groups excluding carboxylic acids is 1. The smallest absolute Gasteiger partial charge is 0.251 e. The number of hydroxylamine groups is 1. The van der Waals surface area contributed by atoms with E-state index in [4.69, 9.17) is 14.2 Å². The number of ether oxygens (including phenoxy) is 3. The highest BCUT2D eigenvalue weighted by molar-refractivity contribution is 5.95. The summed E-state index contributed by atoms with van der Waals surface area (Å²) in [6.45, 7) is 6.33. The first-order chi connectivity index (χ1) is 13.7. The van der Waals surface area contributed by atoms with Crippen molar-refractivity contribution in [1.82, 2.24) is 5.32 Å². The van der Waals surface area contributed by atoms with Crippen molar-refractivity contribution in [2.75, 3.05) is 27.9 Å². The predicted octanol–water partition coefficient (Wildman–Crippen LogP) is 4.16. The maximum atomic E-state index is 12.4. The third-order valence-corrected chi connectivity index (χ3v) is 4.55. The zero-order valence-corrected chi connectivity index (χ0v) is 18.7. The molecule has 0 aromatic heterocycles. The van der Waals surface area contributed by atoms with Gasteiger partial charge in [-0.25, -0.2) is 4.74 Å². The molecule has 0 unspecified atom stereocenters. The Kier molecular flexibility index (Phi) is 10.3. The summed E-state index contributed by atoms with van der Waals surface area (Å²) in [7, 11) is 4.57. The first-order valence-electron chi connectivity index (χ1n) is 10.1. The Hall–Kier alpha value is -2.44. The zero-order chi connectivity index (χ0) is 21.9. The second kappa shape index (κ2) is 12.2. The molecule has 0 radical (unpaired) electrons. The van der Waals surface area contributed by atoms with Crippen molar-refractivity contribution in [3.05, 3.63) is 22.9 Å². The third-order valence-electron chi connectivity index (χ3n) is 4.55. The number of methoxy groups -OCH3 is 3. The molecular weight excluding hydrogens is 372 g/mol. The van der Waals surface area contributed by atoms with Gasteiger partial charge in [0.15, 0.2) is 23.3 Å². The SMILES string of the molecule is COc1cc(C(=O)NCCCCCCC/C=[N+](\[O-])C(C)(C)C)cc(OC)c1OC. The number of amides is 1. The summed E-state index contributed by atoms with van der Waals surface area (Å²) >= 11 is 0. The summed E-state index contributed by atoms with van der Waals surface area (Å²) in [5, 5.41) is 14.7. The van der Waals surface area contributed by atoms with Gasteiger partial charge in [0, 0.05) is 39.3 Å². The molecule has 0 saturated carbocycles. The van der Waals surface area contributed by atoms with Crippen molar-refractivity contribution in [1.29, 1.82) is 0 Å². The summed E-state index contributed by atoms with van der Waals surface area (Å²) in [5.74, 6) is 1.21. The van der Waals surface area contributed by atoms with Gasteiger partial charge in [0.1, 0.15) is 0 Å². The molecule has 0 spiro atoms. The molecule has 0 aliphatic carbocycles. The highest BCUT2D eigenvalue weighted by Gasteiger charge is 2.17. The molecule has 1 amide bonds. The minimum absolute atomic E-state index is 0.170. The number of unbranched alkanes of at least 4 members (excludes halogenated alkanes) is 5. The summed E-state index contributed by atoms with van der Waals surface area (Å²) < 4.78 is 16.9. The molecule has 0 atom stereocenters. The van der Waals surface area contributed by atoms with E-state index in [1.165, 1.54) is 21.3 Å². The highest BCUT2D eigenvalue weighted by atomic mass is 16.5. The van der Waals surface area contributed by atoms with Crippen LogP contribution in [-0.2, 0) is 0 Å². The topological polar surface area (TPSA) is 82.9 Å². The quantitative estimate of drug-likeness (QED) is 0.185. The van der Waals surface area contributed by atoms with Gasteiger partial charge in [0.2, 0.25) is 5.75 Å². The molecule has 1 rings (SSSR count). The van der Waals surface area contributed by atoms with Crippen LogP contribution in [0.25, 0.3) is 0 Å². The lowest BCUT2D eigenvalue weighted by Gasteiger charge is -2.18. The number of hydrogen-bond donors (Lipinski definition) is 1. The maximum Gasteiger partial charge on any atom is 0.251 e. The van der Waals surface area contributed by atoms with Crippen LogP contribution in [0.4, 0.5) is 0 Å². The fraction of sp³-hybridized carbons (Fsp3) is 0.636. The molecule has 0 fully saturated rings. The molecule has 164 valence electrons. The van der Waals surface area contributed by atoms with Crippen LogP contribution in [0, 0.1) is 5.21 Å². The maximum absolute atomic E-state index is 12.4. The van der Waals surface area contributed by atoms with Crippen LogP contribution in [0.5, 0.6) is 17.2 Å². The van der Waals surface area contributed by atoms with Gasteiger partial charge in [-0.15, -0.1) is 0 Å². The minimum atomic E-state index is -0.365. The predicted molar refractivity (Wildman–Crippen MR) is 116 cm³/mol. The Bertz CT molecular complexity index is 655. The van der Waals surface area contributed by atoms with E-state index in [9.17, 15) is 10.0 Å². The Morgan fingerprint density at radius 2 is 1.55 bits per heavy atom. The molecule has 1 aromatic carbocycles. The summed E-state index contributed by atoms with van der Waals surface area (Å²) in [4.78, 5) is 12.4. The van der Waals surface area contributed by atoms with Crippen LogP contribution in [0.15, 0.2) is 12.1 Å². The second-order valence-electron chi connectivity index (χ2n) is 7.91. The normalized spacial score (nSPS) is 11.9. The van der Waals surface area contributed by atoms with Crippen molar-refractivity contribution < 1.29 is 23.7 Å². The van der Waals surface area contributed by atoms with Gasteiger partial charge in [-0.2, -0.15) is 0 Å². The van der Waals surface area contributed by atoms with Crippen LogP contribution >= 0.6 is 0 Å². The number of carbonyl (C=O) groups is 1. The fourth-order valence-electron chi connectivity index (χ4n) is 2.80. The highest BCUT2D eigenvalue weighted by Crippen LogP contribution is 2.38. The van der Waals surface area contributed by atoms with Gasteiger partial charge >= 0.3 is 0 Å². The van der Waals surface area contributed by atoms with E-state index in [0.29, 0.717) is 29.4 Å². The van der Waals surface area contributed by atoms with Crippen molar-refractivity contribution in [2.24, 2.45) is 0 Å². The molecule has 1 aromatic rings. The van der Waals surface area contributed by atoms with Crippen LogP contribution in [0.1, 0.15) is 69.7 Å². The van der Waals surface area contributed by atoms with Crippen molar-refractivity contribution in [3.63, 3.8) is 0 Å². The average Bonchev–Trinajstić information content (AvgIpc) is 2.70. The van der Waals surface area contributed by atoms with E-state index in [1.54, 1.807) is 18.3 Å². The first-order valence-corrected chi connectivity index (χ1v) is 10.1. The standard InChI is InChI=1S/C22H36N2O5/c1-22(2,3)24(26)14-12-10-8-7-9-11-13-23-21(25)17-15-18(27-4)20(29-6)19(16-17)28-5/h14-16H,7-13H2,1-6H3,(H,23,25)/b24-14-. The first kappa shape index (κ1) is 24.6. The Labute approximate surface area is 174 Å². The minimum Gasteiger partial charge on any atom is -0.624 e. The van der Waals surface area contributed by atoms with Gasteiger partial charge in [0.05, 0.1) is 21.3 Å². The monoisotopic (exact) mass is 408 g/mol. The molecular formula is C22H36N2O5. The molecule has 0 heterocycles. The fourth-order valence-corrected chi connectivity index (χ4v) is 2.80. The van der Waals surface area contributed by atoms with E-state index in [2.05, 4.69) is 5.32 Å². The number of benzene rings is 1. The van der Waals surface area contributed by atoms with E-state index in [-0.39, 0.29) is 11.4 Å². The van der Waals surface area contributed by atoms with Crippen molar-refractivity contribution >= 4 is 12.1 Å². The second-order valence-corrected chi connectivity index (χ2v) is 7.91. The van der Waals surface area contributed by atoms with Crippen LogP contribution in [0.2, 0.25) is 0 Å². The molecule has 0 aliphatic rings. The summed E-state index contributed by atoms with van der Waals surface area (Å²) in [6.07, 6.45) is 7.66. The van der Waals surface area contributed by atoms with Crippen LogP contribution < -0.4 is 19.5 Å². The Morgan fingerprint density at radius 3 is 2.07 bits per heavy atom. The summed E-state index contributed by atoms with van der Waals surface area (Å²) in [6, 6.07) is 3.29. The molecule has 7 heteroatoms. The van der Waals surface area contributed by atoms with Crippen molar-refractivity contribution in [2.45, 2.75) is 64.8 Å². The van der Waals surface area contributed by atoms with Gasteiger partial charge in [-0.3, -0.25) is 4.79 Å². The zero-order valence-electron chi connectivity index (χ0n) is 18.7. The number of hydrogen-bond acceptors (Lipinski definition) is 5. The number of nitrogens with one attached hydrogen (secondary N) is 1. The van der Waals surface area contributed by atoms with E-state index < -0.39 is 0 Å². The largest absolute Gasteiger partial charge is 0.624 e. The van der Waals surface area contributed by atoms with E-state index in [1.807, 2.05) is 20.8 Å². The number of nitrogens with zero attached hydrogens (tertiary/aromatic N) is 1. The molecule has 7 nitrogen and oxygen atoms in total. The molecule has 1 N–H and O–H groups in total. The molecule has 0 bridgehead atoms. The molecule has 0 aliphatic heterocycles. The third kappa shape index (κ3) is 8.21. The van der Waals surface area contributed by atoms with Crippen molar-refractivity contribution in [3.8, 4) is 17.2 Å². The van der Waals surface area contributed by atoms with Gasteiger partial charge < -0.3 is 24.7 Å². The lowest BCUT2D eigenvalue weighted by Crippen LogP contribution is -2.29. The average molecular weight is 409 g/mol. The van der Waals surface area contributed by atoms with E-state index >= 15 is 0 Å². The lowest BCUT2D eigenvalue weighted by molar-refractivity contribution is -0.532. The van der Waals surface area contributed by atoms with Gasteiger partial charge in [0.25, 0.3) is 5.91 Å². The molecule has 29 heavy (non-hydrogen) atoms. The molecule has 0 saturated heterocycles. The van der Waals surface area contributed by atoms with Gasteiger partial charge in [-0.05, 0) is 25.0 Å². The Morgan fingerprint density at radius 1 is 1.00 bits per heavy atom. The van der Waals surface area contributed by atoms with Crippen LogP contribution in [0.3, 0.4) is 0 Å².